The van der Waals surface area contributed by atoms with Crippen molar-refractivity contribution in [2.24, 2.45) is 34.0 Å². The zero-order chi connectivity index (χ0) is 19.3. The van der Waals surface area contributed by atoms with Crippen molar-refractivity contribution in [1.29, 1.82) is 0 Å². The number of hydrogen-bond acceptors (Lipinski definition) is 2. The normalized spacial score (nSPS) is 36.0. The monoisotopic (exact) mass is 359 g/mol. The Morgan fingerprint density at radius 1 is 1.08 bits per heavy atom. The summed E-state index contributed by atoms with van der Waals surface area (Å²) < 4.78 is 0. The molecular formula is C23H37NO2. The van der Waals surface area contributed by atoms with Crippen molar-refractivity contribution >= 4 is 11.7 Å². The maximum absolute atomic E-state index is 12.8. The van der Waals surface area contributed by atoms with Gasteiger partial charge in [-0.3, -0.25) is 9.59 Å². The summed E-state index contributed by atoms with van der Waals surface area (Å²) in [4.78, 5) is 26.8. The van der Waals surface area contributed by atoms with Gasteiger partial charge < -0.3 is 4.90 Å². The quantitative estimate of drug-likeness (QED) is 0.519. The van der Waals surface area contributed by atoms with Gasteiger partial charge in [0.1, 0.15) is 5.41 Å². The van der Waals surface area contributed by atoms with Gasteiger partial charge in [0.05, 0.1) is 0 Å². The molecule has 3 heteroatoms. The Labute approximate surface area is 159 Å². The maximum Gasteiger partial charge on any atom is 0.236 e. The molecule has 0 aliphatic heterocycles. The number of nitrogens with zero attached hydrogens (tertiary/aromatic N) is 1. The summed E-state index contributed by atoms with van der Waals surface area (Å²) in [6, 6.07) is 0. The molecule has 2 unspecified atom stereocenters. The number of rotatable bonds is 5. The van der Waals surface area contributed by atoms with Gasteiger partial charge >= 0.3 is 0 Å². The van der Waals surface area contributed by atoms with E-state index in [2.05, 4.69) is 33.8 Å². The summed E-state index contributed by atoms with van der Waals surface area (Å²) >= 11 is 0. The van der Waals surface area contributed by atoms with E-state index >= 15 is 0 Å². The maximum atomic E-state index is 12.8. The van der Waals surface area contributed by atoms with E-state index in [9.17, 15) is 9.59 Å². The molecule has 4 atom stereocenters. The molecule has 3 rings (SSSR count). The van der Waals surface area contributed by atoms with Gasteiger partial charge in [0.15, 0.2) is 5.78 Å². The van der Waals surface area contributed by atoms with Crippen LogP contribution in [0, 0.1) is 34.0 Å². The van der Waals surface area contributed by atoms with Crippen LogP contribution >= 0.6 is 0 Å². The lowest BCUT2D eigenvalue weighted by molar-refractivity contribution is -0.139. The highest BCUT2D eigenvalue weighted by Crippen LogP contribution is 2.62. The van der Waals surface area contributed by atoms with Crippen LogP contribution in [0.15, 0.2) is 12.2 Å². The minimum absolute atomic E-state index is 0.00648. The Morgan fingerprint density at radius 2 is 1.73 bits per heavy atom. The largest absolute Gasteiger partial charge is 0.348 e. The van der Waals surface area contributed by atoms with Crippen molar-refractivity contribution < 1.29 is 9.59 Å². The van der Waals surface area contributed by atoms with Crippen molar-refractivity contribution in [2.45, 2.75) is 72.6 Å². The minimum atomic E-state index is -0.752. The van der Waals surface area contributed by atoms with Crippen LogP contribution in [0.1, 0.15) is 72.6 Å². The third-order valence-corrected chi connectivity index (χ3v) is 8.07. The van der Waals surface area contributed by atoms with E-state index in [1.54, 1.807) is 25.1 Å². The number of carbonyl (C=O) groups is 2. The molecule has 3 aliphatic carbocycles. The molecule has 0 heterocycles. The van der Waals surface area contributed by atoms with Gasteiger partial charge in [-0.25, -0.2) is 0 Å². The Morgan fingerprint density at radius 3 is 2.31 bits per heavy atom. The fourth-order valence-electron chi connectivity index (χ4n) is 6.47. The van der Waals surface area contributed by atoms with Gasteiger partial charge in [-0.1, -0.05) is 46.6 Å². The van der Waals surface area contributed by atoms with Crippen LogP contribution in [0.4, 0.5) is 0 Å². The van der Waals surface area contributed by atoms with Gasteiger partial charge in [-0.05, 0) is 66.8 Å². The Hall–Kier alpha value is -1.12. The second-order valence-corrected chi connectivity index (χ2v) is 10.4. The van der Waals surface area contributed by atoms with Crippen molar-refractivity contribution in [3.05, 3.63) is 12.2 Å². The highest BCUT2D eigenvalue weighted by Gasteiger charge is 2.56. The minimum Gasteiger partial charge on any atom is -0.348 e. The Kier molecular flexibility index (Phi) is 4.90. The van der Waals surface area contributed by atoms with E-state index in [1.807, 2.05) is 0 Å². The van der Waals surface area contributed by atoms with Crippen molar-refractivity contribution in [3.63, 3.8) is 0 Å². The van der Waals surface area contributed by atoms with Crippen molar-refractivity contribution in [1.82, 2.24) is 4.90 Å². The highest BCUT2D eigenvalue weighted by molar-refractivity contribution is 6.13. The molecule has 0 bridgehead atoms. The number of carbonyl (C=O) groups excluding carboxylic acids is 2. The number of fused-ring (bicyclic) bond motifs is 1. The third kappa shape index (κ3) is 3.05. The first kappa shape index (κ1) is 19.6. The predicted octanol–water partition coefficient (Wildman–Crippen LogP) is 4.86. The topological polar surface area (TPSA) is 37.4 Å². The van der Waals surface area contributed by atoms with Crippen LogP contribution in [0.3, 0.4) is 0 Å². The smallest absolute Gasteiger partial charge is 0.236 e. The summed E-state index contributed by atoms with van der Waals surface area (Å²) in [5.74, 6) is 2.26. The predicted molar refractivity (Wildman–Crippen MR) is 106 cm³/mol. The fraction of sp³-hybridized carbons (Fsp3) is 0.826. The molecular weight excluding hydrogens is 322 g/mol. The summed E-state index contributed by atoms with van der Waals surface area (Å²) in [6.07, 6.45) is 11.9. The lowest BCUT2D eigenvalue weighted by atomic mass is 9.56. The zero-order valence-corrected chi connectivity index (χ0v) is 17.6. The van der Waals surface area contributed by atoms with Gasteiger partial charge in [0, 0.05) is 14.1 Å². The number of allylic oxidation sites excluding steroid dienone is 2. The SMILES string of the molecule is C[C@H]1CCC[C@@]2(C)C1CCC2C(C)(C)/C=C/C(=O)C1(C(=O)N(C)C)CC1. The molecule has 0 aromatic heterocycles. The summed E-state index contributed by atoms with van der Waals surface area (Å²) in [6.45, 7) is 9.52. The molecule has 0 spiro atoms. The number of ketones is 1. The lowest BCUT2D eigenvalue weighted by Gasteiger charge is -2.48. The van der Waals surface area contributed by atoms with Crippen LogP contribution in [-0.4, -0.2) is 30.7 Å². The van der Waals surface area contributed by atoms with Crippen LogP contribution in [0.2, 0.25) is 0 Å². The van der Waals surface area contributed by atoms with Crippen molar-refractivity contribution in [2.75, 3.05) is 14.1 Å². The van der Waals surface area contributed by atoms with E-state index < -0.39 is 5.41 Å². The van der Waals surface area contributed by atoms with Gasteiger partial charge in [0.25, 0.3) is 0 Å². The molecule has 3 fully saturated rings. The molecule has 3 aliphatic rings. The number of hydrogen-bond donors (Lipinski definition) is 0. The van der Waals surface area contributed by atoms with Crippen LogP contribution in [-0.2, 0) is 9.59 Å². The first-order chi connectivity index (χ1) is 12.0. The molecule has 26 heavy (non-hydrogen) atoms. The van der Waals surface area contributed by atoms with Crippen LogP contribution < -0.4 is 0 Å². The summed E-state index contributed by atoms with van der Waals surface area (Å²) in [5, 5.41) is 0. The van der Waals surface area contributed by atoms with Gasteiger partial charge in [0.2, 0.25) is 5.91 Å². The average molecular weight is 360 g/mol. The first-order valence-electron chi connectivity index (χ1n) is 10.5. The van der Waals surface area contributed by atoms with E-state index in [0.29, 0.717) is 24.2 Å². The summed E-state index contributed by atoms with van der Waals surface area (Å²) in [7, 11) is 3.49. The molecule has 3 saturated carbocycles. The second kappa shape index (κ2) is 6.49. The van der Waals surface area contributed by atoms with Gasteiger partial charge in [-0.2, -0.15) is 0 Å². The van der Waals surface area contributed by atoms with E-state index in [4.69, 9.17) is 0 Å². The highest BCUT2D eigenvalue weighted by atomic mass is 16.2. The standard InChI is InChI=1S/C23H37NO2/c1-16-8-7-12-22(4)17(16)9-10-18(22)21(2,3)13-11-19(25)23(14-15-23)20(26)24(5)6/h11,13,16-18H,7-10,12,14-15H2,1-6H3/b13-11+/t16-,17?,18?,22-/m0/s1. The zero-order valence-electron chi connectivity index (χ0n) is 17.6. The molecule has 0 radical (unpaired) electrons. The third-order valence-electron chi connectivity index (χ3n) is 8.07. The molecule has 0 saturated heterocycles. The van der Waals surface area contributed by atoms with Gasteiger partial charge in [-0.15, -0.1) is 0 Å². The molecule has 0 N–H and O–H groups in total. The van der Waals surface area contributed by atoms with Crippen molar-refractivity contribution in [3.8, 4) is 0 Å². The molecule has 0 aromatic rings. The van der Waals surface area contributed by atoms with Crippen LogP contribution in [0.5, 0.6) is 0 Å². The molecule has 146 valence electrons. The Balaban J connectivity index is 1.76. The van der Waals surface area contributed by atoms with E-state index in [-0.39, 0.29) is 17.1 Å². The van der Waals surface area contributed by atoms with Crippen LogP contribution in [0.25, 0.3) is 0 Å². The molecule has 0 aromatic carbocycles. The lowest BCUT2D eigenvalue weighted by Crippen LogP contribution is -2.41. The molecule has 3 nitrogen and oxygen atoms in total. The van der Waals surface area contributed by atoms with E-state index in [1.165, 1.54) is 32.1 Å². The summed E-state index contributed by atoms with van der Waals surface area (Å²) in [5.41, 5.74) is -0.365. The first-order valence-corrected chi connectivity index (χ1v) is 10.5. The Bertz CT molecular complexity index is 614. The average Bonchev–Trinajstić information content (AvgIpc) is 3.28. The number of amides is 1. The molecule has 1 amide bonds. The second-order valence-electron chi connectivity index (χ2n) is 10.4. The van der Waals surface area contributed by atoms with E-state index in [0.717, 1.165) is 11.8 Å². The fourth-order valence-corrected chi connectivity index (χ4v) is 6.47.